The maximum atomic E-state index is 12.1. The van der Waals surface area contributed by atoms with E-state index < -0.39 is 5.91 Å². The number of nitrogens with zero attached hydrogens (tertiary/aromatic N) is 2. The molecular weight excluding hydrogens is 452 g/mol. The number of hydrazone groups is 1. The summed E-state index contributed by atoms with van der Waals surface area (Å²) in [7, 11) is 0. The summed E-state index contributed by atoms with van der Waals surface area (Å²) in [4.78, 5) is 12.1. The summed E-state index contributed by atoms with van der Waals surface area (Å²) in [6.45, 7) is 0. The number of aromatic nitrogens is 2. The molecule has 6 nitrogen and oxygen atoms in total. The number of hydrogen-bond donors (Lipinski definition) is 3. The Bertz CT molecular complexity index is 939. The molecule has 0 bridgehead atoms. The first-order chi connectivity index (χ1) is 12.0. The largest absolute Gasteiger partial charge is 0.506 e. The third kappa shape index (κ3) is 4.15. The smallest absolute Gasteiger partial charge is 0.289 e. The van der Waals surface area contributed by atoms with Crippen molar-refractivity contribution < 1.29 is 9.90 Å². The van der Waals surface area contributed by atoms with Gasteiger partial charge in [-0.05, 0) is 34.1 Å². The van der Waals surface area contributed by atoms with Gasteiger partial charge in [0.25, 0.3) is 5.91 Å². The van der Waals surface area contributed by atoms with E-state index in [2.05, 4.69) is 52.6 Å². The van der Waals surface area contributed by atoms with Gasteiger partial charge in [-0.2, -0.15) is 10.2 Å². The Labute approximate surface area is 160 Å². The van der Waals surface area contributed by atoms with Crippen LogP contribution in [0.15, 0.2) is 62.6 Å². The van der Waals surface area contributed by atoms with Crippen molar-refractivity contribution in [3.63, 3.8) is 0 Å². The van der Waals surface area contributed by atoms with Gasteiger partial charge in [-0.3, -0.25) is 9.89 Å². The zero-order chi connectivity index (χ0) is 17.8. The van der Waals surface area contributed by atoms with Crippen LogP contribution in [0.2, 0.25) is 0 Å². The number of carbonyl (C=O) groups is 1. The van der Waals surface area contributed by atoms with Crippen LogP contribution >= 0.6 is 31.9 Å². The lowest BCUT2D eigenvalue weighted by atomic mass is 10.1. The van der Waals surface area contributed by atoms with Gasteiger partial charge < -0.3 is 5.11 Å². The minimum absolute atomic E-state index is 0.0362. The van der Waals surface area contributed by atoms with Crippen LogP contribution in [-0.2, 0) is 0 Å². The van der Waals surface area contributed by atoms with Gasteiger partial charge >= 0.3 is 0 Å². The fraction of sp³-hybridized carbons (Fsp3) is 0. The minimum atomic E-state index is -0.431. The lowest BCUT2D eigenvalue weighted by Crippen LogP contribution is -2.18. The normalized spacial score (nSPS) is 11.0. The molecule has 0 radical (unpaired) electrons. The second-order valence-electron chi connectivity index (χ2n) is 5.06. The van der Waals surface area contributed by atoms with E-state index in [0.29, 0.717) is 15.7 Å². The molecule has 0 unspecified atom stereocenters. The molecule has 0 aliphatic heterocycles. The van der Waals surface area contributed by atoms with Crippen LogP contribution in [0.4, 0.5) is 0 Å². The molecule has 0 atom stereocenters. The summed E-state index contributed by atoms with van der Waals surface area (Å²) >= 11 is 6.56. The molecule has 0 aliphatic carbocycles. The molecule has 2 aromatic carbocycles. The summed E-state index contributed by atoms with van der Waals surface area (Å²) in [5.74, 6) is -0.395. The van der Waals surface area contributed by atoms with Crippen molar-refractivity contribution in [3.05, 3.63) is 68.7 Å². The number of aromatic amines is 1. The number of hydrogen-bond acceptors (Lipinski definition) is 4. The molecular formula is C17H12Br2N4O2. The molecule has 1 amide bonds. The van der Waals surface area contributed by atoms with Gasteiger partial charge in [-0.1, -0.05) is 46.3 Å². The van der Waals surface area contributed by atoms with Gasteiger partial charge in [0.15, 0.2) is 0 Å². The highest BCUT2D eigenvalue weighted by molar-refractivity contribution is 9.11. The van der Waals surface area contributed by atoms with Crippen LogP contribution in [0.5, 0.6) is 5.75 Å². The highest BCUT2D eigenvalue weighted by atomic mass is 79.9. The number of rotatable bonds is 4. The van der Waals surface area contributed by atoms with Crippen molar-refractivity contribution >= 4 is 44.0 Å². The molecule has 25 heavy (non-hydrogen) atoms. The lowest BCUT2D eigenvalue weighted by Gasteiger charge is -2.02. The molecule has 0 saturated heterocycles. The topological polar surface area (TPSA) is 90.4 Å². The maximum Gasteiger partial charge on any atom is 0.289 e. The first-order valence-electron chi connectivity index (χ1n) is 7.17. The molecule has 0 fully saturated rings. The van der Waals surface area contributed by atoms with Crippen LogP contribution in [0.25, 0.3) is 11.3 Å². The van der Waals surface area contributed by atoms with E-state index in [1.54, 1.807) is 18.2 Å². The molecule has 0 aliphatic rings. The molecule has 1 heterocycles. The van der Waals surface area contributed by atoms with E-state index >= 15 is 0 Å². The Kier molecular flexibility index (Phi) is 5.30. The predicted molar refractivity (Wildman–Crippen MR) is 103 cm³/mol. The van der Waals surface area contributed by atoms with Gasteiger partial charge in [-0.15, -0.1) is 0 Å². The van der Waals surface area contributed by atoms with Crippen molar-refractivity contribution in [1.82, 2.24) is 15.6 Å². The average molecular weight is 464 g/mol. The zero-order valence-electron chi connectivity index (χ0n) is 12.7. The second kappa shape index (κ2) is 7.62. The molecule has 0 spiro atoms. The first kappa shape index (κ1) is 17.4. The van der Waals surface area contributed by atoms with Crippen LogP contribution in [0.1, 0.15) is 16.1 Å². The minimum Gasteiger partial charge on any atom is -0.506 e. The highest BCUT2D eigenvalue weighted by Crippen LogP contribution is 2.30. The van der Waals surface area contributed by atoms with Crippen molar-refractivity contribution in [2.75, 3.05) is 0 Å². The zero-order valence-corrected chi connectivity index (χ0v) is 15.9. The van der Waals surface area contributed by atoms with E-state index in [-0.39, 0.29) is 11.4 Å². The van der Waals surface area contributed by atoms with E-state index in [0.717, 1.165) is 10.0 Å². The number of nitrogens with one attached hydrogen (secondary N) is 2. The Morgan fingerprint density at radius 1 is 1.20 bits per heavy atom. The third-order valence-electron chi connectivity index (χ3n) is 3.32. The Morgan fingerprint density at radius 2 is 1.96 bits per heavy atom. The number of H-pyrrole nitrogens is 1. The van der Waals surface area contributed by atoms with E-state index in [1.165, 1.54) is 6.21 Å². The fourth-order valence-electron chi connectivity index (χ4n) is 2.10. The van der Waals surface area contributed by atoms with Gasteiger partial charge in [0.1, 0.15) is 11.4 Å². The summed E-state index contributed by atoms with van der Waals surface area (Å²) < 4.78 is 1.29. The molecule has 1 aromatic heterocycles. The monoisotopic (exact) mass is 462 g/mol. The SMILES string of the molecule is O=C(N/N=C\c1cc(Br)cc(Br)c1O)c1cc(-c2ccccc2)n[nH]1. The molecule has 8 heteroatoms. The summed E-state index contributed by atoms with van der Waals surface area (Å²) in [5.41, 5.74) is 4.72. The van der Waals surface area contributed by atoms with Gasteiger partial charge in [0.05, 0.1) is 16.4 Å². The van der Waals surface area contributed by atoms with Crippen molar-refractivity contribution in [3.8, 4) is 17.0 Å². The number of carbonyl (C=O) groups excluding carboxylic acids is 1. The van der Waals surface area contributed by atoms with E-state index in [9.17, 15) is 9.90 Å². The number of benzene rings is 2. The molecule has 3 rings (SSSR count). The standard InChI is InChI=1S/C17H12Br2N4O2/c18-12-6-11(16(24)13(19)7-12)9-20-23-17(25)15-8-14(21-22-15)10-4-2-1-3-5-10/h1-9,24H,(H,21,22)(H,23,25)/b20-9-. The number of phenolic OH excluding ortho intramolecular Hbond substituents is 1. The van der Waals surface area contributed by atoms with Gasteiger partial charge in [0.2, 0.25) is 0 Å². The Hall–Kier alpha value is -2.45. The number of phenols is 1. The van der Waals surface area contributed by atoms with Crippen LogP contribution in [-0.4, -0.2) is 27.4 Å². The number of amides is 1. The van der Waals surface area contributed by atoms with Crippen molar-refractivity contribution in [2.24, 2.45) is 5.10 Å². The molecule has 126 valence electrons. The van der Waals surface area contributed by atoms with Crippen LogP contribution in [0.3, 0.4) is 0 Å². The highest BCUT2D eigenvalue weighted by Gasteiger charge is 2.10. The van der Waals surface area contributed by atoms with E-state index in [4.69, 9.17) is 0 Å². The second-order valence-corrected chi connectivity index (χ2v) is 6.83. The summed E-state index contributed by atoms with van der Waals surface area (Å²) in [6, 6.07) is 14.6. The number of aromatic hydroxyl groups is 1. The molecule has 3 aromatic rings. The Morgan fingerprint density at radius 3 is 2.72 bits per heavy atom. The average Bonchev–Trinajstić information content (AvgIpc) is 3.10. The molecule has 3 N–H and O–H groups in total. The summed E-state index contributed by atoms with van der Waals surface area (Å²) in [6.07, 6.45) is 1.36. The fourth-order valence-corrected chi connectivity index (χ4v) is 3.36. The molecule has 0 saturated carbocycles. The third-order valence-corrected chi connectivity index (χ3v) is 4.38. The van der Waals surface area contributed by atoms with Crippen LogP contribution < -0.4 is 5.43 Å². The lowest BCUT2D eigenvalue weighted by molar-refractivity contribution is 0.0950. The predicted octanol–water partition coefficient (Wildman–Crippen LogP) is 4.07. The Balaban J connectivity index is 1.70. The van der Waals surface area contributed by atoms with Gasteiger partial charge in [-0.25, -0.2) is 5.43 Å². The van der Waals surface area contributed by atoms with Crippen LogP contribution in [0, 0.1) is 0 Å². The first-order valence-corrected chi connectivity index (χ1v) is 8.75. The quantitative estimate of drug-likeness (QED) is 0.402. The summed E-state index contributed by atoms with van der Waals surface area (Å²) in [5, 5.41) is 20.6. The van der Waals surface area contributed by atoms with Crippen molar-refractivity contribution in [1.29, 1.82) is 0 Å². The van der Waals surface area contributed by atoms with E-state index in [1.807, 2.05) is 30.3 Å². The van der Waals surface area contributed by atoms with Gasteiger partial charge in [0, 0.05) is 15.6 Å². The maximum absolute atomic E-state index is 12.1. The van der Waals surface area contributed by atoms with Crippen molar-refractivity contribution in [2.45, 2.75) is 0 Å². The number of halogens is 2.